The van der Waals surface area contributed by atoms with E-state index in [-0.39, 0.29) is 6.61 Å². The zero-order valence-electron chi connectivity index (χ0n) is 9.57. The molecule has 4 heteroatoms. The second-order valence-corrected chi connectivity index (χ2v) is 5.37. The van der Waals surface area contributed by atoms with Gasteiger partial charge in [-0.15, -0.1) is 0 Å². The van der Waals surface area contributed by atoms with E-state index in [1.807, 2.05) is 42.5 Å². The fourth-order valence-electron chi connectivity index (χ4n) is 1.53. The summed E-state index contributed by atoms with van der Waals surface area (Å²) in [5.74, 6) is 0.799. The number of hydrogen-bond acceptors (Lipinski definition) is 2. The van der Waals surface area contributed by atoms with Gasteiger partial charge in [-0.25, -0.2) is 0 Å². The molecule has 0 aromatic heterocycles. The number of ether oxygens (including phenoxy) is 1. The van der Waals surface area contributed by atoms with Gasteiger partial charge < -0.3 is 9.84 Å². The summed E-state index contributed by atoms with van der Waals surface area (Å²) in [4.78, 5) is 0. The van der Waals surface area contributed by atoms with Gasteiger partial charge in [0.1, 0.15) is 12.4 Å². The van der Waals surface area contributed by atoms with Crippen LogP contribution in [0.25, 0.3) is 0 Å². The first-order chi connectivity index (χ1) is 8.70. The maximum Gasteiger partial charge on any atom is 0.133 e. The highest BCUT2D eigenvalue weighted by Gasteiger charge is 2.04. The molecule has 0 aliphatic carbocycles. The molecule has 18 heavy (non-hydrogen) atoms. The lowest BCUT2D eigenvalue weighted by molar-refractivity contribution is 0.280. The summed E-state index contributed by atoms with van der Waals surface area (Å²) in [7, 11) is 0. The average Bonchev–Trinajstić information content (AvgIpc) is 2.39. The van der Waals surface area contributed by atoms with Crippen LogP contribution in [0.3, 0.4) is 0 Å². The van der Waals surface area contributed by atoms with Gasteiger partial charge in [-0.2, -0.15) is 0 Å². The van der Waals surface area contributed by atoms with Crippen molar-refractivity contribution in [1.82, 2.24) is 0 Å². The predicted molar refractivity (Wildman–Crippen MR) is 80.9 cm³/mol. The first-order valence-electron chi connectivity index (χ1n) is 5.46. The van der Waals surface area contributed by atoms with Gasteiger partial charge in [0.05, 0.1) is 10.2 Å². The molecule has 0 radical (unpaired) electrons. The molecule has 0 atom stereocenters. The van der Waals surface area contributed by atoms with E-state index in [2.05, 4.69) is 22.6 Å². The lowest BCUT2D eigenvalue weighted by Crippen LogP contribution is -1.98. The topological polar surface area (TPSA) is 29.5 Å². The van der Waals surface area contributed by atoms with Gasteiger partial charge in [-0.1, -0.05) is 35.9 Å². The van der Waals surface area contributed by atoms with E-state index in [1.54, 1.807) is 0 Å². The van der Waals surface area contributed by atoms with Crippen molar-refractivity contribution >= 4 is 34.2 Å². The molecular weight excluding hydrogens is 363 g/mol. The Morgan fingerprint density at radius 1 is 1.17 bits per heavy atom. The monoisotopic (exact) mass is 374 g/mol. The number of benzene rings is 2. The SMILES string of the molecule is OCc1ccc(OCc2ccccc2Cl)c(I)c1. The molecule has 0 aliphatic rings. The van der Waals surface area contributed by atoms with Crippen molar-refractivity contribution in [2.24, 2.45) is 0 Å². The zero-order chi connectivity index (χ0) is 13.0. The molecule has 0 amide bonds. The van der Waals surface area contributed by atoms with Crippen molar-refractivity contribution in [2.45, 2.75) is 13.2 Å². The van der Waals surface area contributed by atoms with Gasteiger partial charge in [0.15, 0.2) is 0 Å². The standard InChI is InChI=1S/C14H12ClIO2/c15-12-4-2-1-3-11(12)9-18-14-6-5-10(8-17)7-13(14)16/h1-7,17H,8-9H2. The Labute approximate surface area is 125 Å². The van der Waals surface area contributed by atoms with Gasteiger partial charge in [0.2, 0.25) is 0 Å². The van der Waals surface area contributed by atoms with Crippen molar-refractivity contribution < 1.29 is 9.84 Å². The third-order valence-electron chi connectivity index (χ3n) is 2.52. The van der Waals surface area contributed by atoms with Crippen LogP contribution in [0.1, 0.15) is 11.1 Å². The quantitative estimate of drug-likeness (QED) is 0.819. The Balaban J connectivity index is 2.09. The van der Waals surface area contributed by atoms with E-state index < -0.39 is 0 Å². The molecule has 0 bridgehead atoms. The van der Waals surface area contributed by atoms with Crippen LogP contribution in [-0.2, 0) is 13.2 Å². The molecule has 2 aromatic carbocycles. The lowest BCUT2D eigenvalue weighted by atomic mass is 10.2. The molecule has 1 N–H and O–H groups in total. The summed E-state index contributed by atoms with van der Waals surface area (Å²) in [6, 6.07) is 13.2. The first kappa shape index (κ1) is 13.6. The van der Waals surface area contributed by atoms with Crippen molar-refractivity contribution in [2.75, 3.05) is 0 Å². The number of hydrogen-bond donors (Lipinski definition) is 1. The second kappa shape index (κ2) is 6.41. The van der Waals surface area contributed by atoms with Crippen LogP contribution in [0.4, 0.5) is 0 Å². The van der Waals surface area contributed by atoms with Crippen molar-refractivity contribution in [3.8, 4) is 5.75 Å². The molecule has 2 rings (SSSR count). The summed E-state index contributed by atoms with van der Waals surface area (Å²) in [6.45, 7) is 0.481. The van der Waals surface area contributed by atoms with Gasteiger partial charge >= 0.3 is 0 Å². The number of aliphatic hydroxyl groups excluding tert-OH is 1. The molecule has 0 saturated carbocycles. The van der Waals surface area contributed by atoms with Crippen molar-refractivity contribution in [3.05, 3.63) is 62.2 Å². The minimum absolute atomic E-state index is 0.0425. The Morgan fingerprint density at radius 3 is 2.61 bits per heavy atom. The van der Waals surface area contributed by atoms with Crippen LogP contribution >= 0.6 is 34.2 Å². The van der Waals surface area contributed by atoms with Crippen LogP contribution in [-0.4, -0.2) is 5.11 Å². The largest absolute Gasteiger partial charge is 0.488 e. The predicted octanol–water partition coefficient (Wildman–Crippen LogP) is 4.02. The summed E-state index contributed by atoms with van der Waals surface area (Å²) >= 11 is 8.25. The third kappa shape index (κ3) is 3.37. The van der Waals surface area contributed by atoms with Crippen LogP contribution in [0.2, 0.25) is 5.02 Å². The normalized spacial score (nSPS) is 10.4. The molecule has 0 unspecified atom stereocenters. The van der Waals surface area contributed by atoms with E-state index in [0.717, 1.165) is 20.4 Å². The molecule has 0 spiro atoms. The maximum absolute atomic E-state index is 9.04. The number of halogens is 2. The third-order valence-corrected chi connectivity index (χ3v) is 3.73. The summed E-state index contributed by atoms with van der Waals surface area (Å²) in [5.41, 5.74) is 1.84. The first-order valence-corrected chi connectivity index (χ1v) is 6.92. The Hall–Kier alpha value is -0.780. The maximum atomic E-state index is 9.04. The smallest absolute Gasteiger partial charge is 0.133 e. The van der Waals surface area contributed by atoms with Crippen molar-refractivity contribution in [1.29, 1.82) is 0 Å². The number of rotatable bonds is 4. The fourth-order valence-corrected chi connectivity index (χ4v) is 2.46. The van der Waals surface area contributed by atoms with Gasteiger partial charge in [-0.3, -0.25) is 0 Å². The van der Waals surface area contributed by atoms with E-state index >= 15 is 0 Å². The van der Waals surface area contributed by atoms with Crippen LogP contribution < -0.4 is 4.74 Å². The minimum Gasteiger partial charge on any atom is -0.488 e. The summed E-state index contributed by atoms with van der Waals surface area (Å²) in [5, 5.41) is 9.74. The van der Waals surface area contributed by atoms with E-state index in [9.17, 15) is 0 Å². The van der Waals surface area contributed by atoms with E-state index in [1.165, 1.54) is 0 Å². The molecule has 0 saturated heterocycles. The molecule has 0 fully saturated rings. The van der Waals surface area contributed by atoms with Gasteiger partial charge in [-0.05, 0) is 46.4 Å². The minimum atomic E-state index is 0.0425. The average molecular weight is 375 g/mol. The highest BCUT2D eigenvalue weighted by Crippen LogP contribution is 2.24. The Bertz CT molecular complexity index is 543. The second-order valence-electron chi connectivity index (χ2n) is 3.80. The van der Waals surface area contributed by atoms with Gasteiger partial charge in [0.25, 0.3) is 0 Å². The lowest BCUT2D eigenvalue weighted by Gasteiger charge is -2.10. The molecule has 0 aliphatic heterocycles. The summed E-state index contributed by atoms with van der Waals surface area (Å²) in [6.07, 6.45) is 0. The molecular formula is C14H12ClIO2. The van der Waals surface area contributed by atoms with Crippen molar-refractivity contribution in [3.63, 3.8) is 0 Å². The van der Waals surface area contributed by atoms with Crippen LogP contribution in [0, 0.1) is 3.57 Å². The van der Waals surface area contributed by atoms with Gasteiger partial charge in [0, 0.05) is 10.6 Å². The number of aliphatic hydroxyl groups is 1. The molecule has 0 heterocycles. The van der Waals surface area contributed by atoms with Crippen LogP contribution in [0.15, 0.2) is 42.5 Å². The molecule has 94 valence electrons. The molecule has 2 aromatic rings. The van der Waals surface area contributed by atoms with Crippen LogP contribution in [0.5, 0.6) is 5.75 Å². The highest BCUT2D eigenvalue weighted by atomic mass is 127. The Morgan fingerprint density at radius 2 is 1.94 bits per heavy atom. The Kier molecular flexibility index (Phi) is 4.86. The van der Waals surface area contributed by atoms with E-state index in [4.69, 9.17) is 21.4 Å². The molecule has 2 nitrogen and oxygen atoms in total. The highest BCUT2D eigenvalue weighted by molar-refractivity contribution is 14.1. The summed E-state index contributed by atoms with van der Waals surface area (Å²) < 4.78 is 6.71. The van der Waals surface area contributed by atoms with E-state index in [0.29, 0.717) is 11.6 Å². The fraction of sp³-hybridized carbons (Fsp3) is 0.143. The zero-order valence-corrected chi connectivity index (χ0v) is 12.5.